The number of aryl methyl sites for hydroxylation is 1. The maximum absolute atomic E-state index is 12.5. The topological polar surface area (TPSA) is 48.5 Å². The van der Waals surface area contributed by atoms with E-state index in [2.05, 4.69) is 21.3 Å². The molecule has 1 N–H and O–H groups in total. The normalized spacial score (nSPS) is 16.7. The fourth-order valence-corrected chi connectivity index (χ4v) is 3.85. The van der Waals surface area contributed by atoms with Crippen LogP contribution in [0.5, 0.6) is 0 Å². The Morgan fingerprint density at radius 2 is 2.12 bits per heavy atom. The van der Waals surface area contributed by atoms with Crippen molar-refractivity contribution in [2.24, 2.45) is 0 Å². The molecule has 3 rings (SSSR count). The van der Waals surface area contributed by atoms with E-state index in [4.69, 9.17) is 11.6 Å². The molecule has 0 aliphatic carbocycles. The van der Waals surface area contributed by atoms with E-state index in [1.165, 1.54) is 5.56 Å². The largest absolute Gasteiger partial charge is 0.330 e. The van der Waals surface area contributed by atoms with E-state index in [0.717, 1.165) is 48.4 Å². The Balaban J connectivity index is 1.47. The molecule has 0 spiro atoms. The quantitative estimate of drug-likeness (QED) is 0.882. The number of hydrogen-bond acceptors (Lipinski definition) is 4. The Labute approximate surface area is 157 Å². The number of benzene rings is 1. The van der Waals surface area contributed by atoms with Crippen molar-refractivity contribution in [3.63, 3.8) is 0 Å². The summed E-state index contributed by atoms with van der Waals surface area (Å²) in [6.45, 7) is 8.01. The summed E-state index contributed by atoms with van der Waals surface area (Å²) in [6.07, 6.45) is 0. The predicted octanol–water partition coefficient (Wildman–Crippen LogP) is 3.69. The first-order chi connectivity index (χ1) is 12.0. The van der Waals surface area contributed by atoms with Gasteiger partial charge in [0.15, 0.2) is 0 Å². The number of urea groups is 1. The molecule has 1 atom stereocenters. The van der Waals surface area contributed by atoms with Crippen molar-refractivity contribution in [2.45, 2.75) is 26.4 Å². The van der Waals surface area contributed by atoms with Crippen LogP contribution in [-0.2, 0) is 6.54 Å². The Kier molecular flexibility index (Phi) is 5.93. The third-order valence-corrected chi connectivity index (χ3v) is 5.40. The Morgan fingerprint density at radius 1 is 1.36 bits per heavy atom. The van der Waals surface area contributed by atoms with Gasteiger partial charge in [-0.1, -0.05) is 23.7 Å². The summed E-state index contributed by atoms with van der Waals surface area (Å²) in [6, 6.07) is 7.87. The third kappa shape index (κ3) is 4.93. The summed E-state index contributed by atoms with van der Waals surface area (Å²) < 4.78 is 0. The van der Waals surface area contributed by atoms with Gasteiger partial charge >= 0.3 is 6.03 Å². The number of hydrogen-bond donors (Lipinski definition) is 1. The summed E-state index contributed by atoms with van der Waals surface area (Å²) in [7, 11) is 0. The molecule has 1 unspecified atom stereocenters. The fraction of sp³-hybridized carbons (Fsp3) is 0.444. The zero-order valence-electron chi connectivity index (χ0n) is 14.5. The number of aromatic nitrogens is 1. The SMILES string of the molecule is Cc1nc(C(C)NC(=O)N2CCN(Cc3cccc(Cl)c3)CC2)cs1. The van der Waals surface area contributed by atoms with Crippen molar-refractivity contribution < 1.29 is 4.79 Å². The lowest BCUT2D eigenvalue weighted by atomic mass is 10.2. The molecule has 1 aromatic heterocycles. The molecule has 134 valence electrons. The van der Waals surface area contributed by atoms with Gasteiger partial charge in [-0.05, 0) is 31.5 Å². The van der Waals surface area contributed by atoms with E-state index < -0.39 is 0 Å². The first kappa shape index (κ1) is 18.2. The number of amides is 2. The van der Waals surface area contributed by atoms with Crippen LogP contribution in [-0.4, -0.2) is 47.0 Å². The average Bonchev–Trinajstić information content (AvgIpc) is 3.02. The van der Waals surface area contributed by atoms with Crippen LogP contribution in [0.15, 0.2) is 29.6 Å². The van der Waals surface area contributed by atoms with Crippen molar-refractivity contribution in [1.82, 2.24) is 20.1 Å². The van der Waals surface area contributed by atoms with Crippen molar-refractivity contribution >= 4 is 29.0 Å². The van der Waals surface area contributed by atoms with E-state index in [1.807, 2.05) is 42.3 Å². The molecule has 2 aromatic rings. The lowest BCUT2D eigenvalue weighted by Gasteiger charge is -2.35. The number of nitrogens with one attached hydrogen (secondary N) is 1. The van der Waals surface area contributed by atoms with Crippen LogP contribution < -0.4 is 5.32 Å². The molecule has 1 saturated heterocycles. The molecule has 5 nitrogen and oxygen atoms in total. The number of piperazine rings is 1. The highest BCUT2D eigenvalue weighted by molar-refractivity contribution is 7.09. The minimum atomic E-state index is -0.0676. The van der Waals surface area contributed by atoms with Gasteiger partial charge in [0.25, 0.3) is 0 Å². The summed E-state index contributed by atoms with van der Waals surface area (Å²) >= 11 is 7.65. The van der Waals surface area contributed by atoms with Crippen LogP contribution >= 0.6 is 22.9 Å². The van der Waals surface area contributed by atoms with Crippen LogP contribution in [0.3, 0.4) is 0 Å². The lowest BCUT2D eigenvalue weighted by molar-refractivity contribution is 0.133. The van der Waals surface area contributed by atoms with E-state index >= 15 is 0 Å². The minimum absolute atomic E-state index is 0.0134. The zero-order chi connectivity index (χ0) is 17.8. The number of nitrogens with zero attached hydrogens (tertiary/aromatic N) is 3. The molecule has 1 aliphatic rings. The van der Waals surface area contributed by atoms with E-state index in [9.17, 15) is 4.79 Å². The molecule has 25 heavy (non-hydrogen) atoms. The maximum Gasteiger partial charge on any atom is 0.318 e. The highest BCUT2D eigenvalue weighted by Gasteiger charge is 2.23. The summed E-state index contributed by atoms with van der Waals surface area (Å²) in [5.41, 5.74) is 2.13. The molecule has 2 amide bonds. The van der Waals surface area contributed by atoms with Gasteiger partial charge in [-0.2, -0.15) is 0 Å². The average molecular weight is 379 g/mol. The van der Waals surface area contributed by atoms with E-state index in [-0.39, 0.29) is 12.1 Å². The van der Waals surface area contributed by atoms with Gasteiger partial charge in [-0.3, -0.25) is 4.90 Å². The third-order valence-electron chi connectivity index (χ3n) is 4.38. The van der Waals surface area contributed by atoms with Crippen LogP contribution in [0, 0.1) is 6.92 Å². The molecule has 0 saturated carbocycles. The maximum atomic E-state index is 12.5. The zero-order valence-corrected chi connectivity index (χ0v) is 16.1. The van der Waals surface area contributed by atoms with Gasteiger partial charge in [0.05, 0.1) is 16.7 Å². The molecule has 1 aliphatic heterocycles. The number of carbonyl (C=O) groups excluding carboxylic acids is 1. The van der Waals surface area contributed by atoms with Crippen LogP contribution in [0.25, 0.3) is 0 Å². The molecule has 0 radical (unpaired) electrons. The Hall–Kier alpha value is -1.63. The van der Waals surface area contributed by atoms with Gasteiger partial charge < -0.3 is 10.2 Å². The van der Waals surface area contributed by atoms with Crippen LogP contribution in [0.4, 0.5) is 4.79 Å². The monoisotopic (exact) mass is 378 g/mol. The van der Waals surface area contributed by atoms with E-state index in [0.29, 0.717) is 0 Å². The van der Waals surface area contributed by atoms with Crippen molar-refractivity contribution in [3.05, 3.63) is 50.9 Å². The first-order valence-electron chi connectivity index (χ1n) is 8.45. The molecule has 1 aromatic carbocycles. The number of thiazole rings is 1. The van der Waals surface area contributed by atoms with Crippen molar-refractivity contribution in [2.75, 3.05) is 26.2 Å². The smallest absolute Gasteiger partial charge is 0.318 e. The second kappa shape index (κ2) is 8.17. The Bertz CT molecular complexity index is 727. The van der Waals surface area contributed by atoms with Crippen LogP contribution in [0.1, 0.15) is 29.2 Å². The highest BCUT2D eigenvalue weighted by Crippen LogP contribution is 2.17. The summed E-state index contributed by atoms with van der Waals surface area (Å²) in [4.78, 5) is 21.1. The van der Waals surface area contributed by atoms with Crippen molar-refractivity contribution in [3.8, 4) is 0 Å². The lowest BCUT2D eigenvalue weighted by Crippen LogP contribution is -2.51. The summed E-state index contributed by atoms with van der Waals surface area (Å²) in [5.74, 6) is 0. The highest BCUT2D eigenvalue weighted by atomic mass is 35.5. The Morgan fingerprint density at radius 3 is 2.76 bits per heavy atom. The molecule has 1 fully saturated rings. The molecule has 0 bridgehead atoms. The number of rotatable bonds is 4. The predicted molar refractivity (Wildman–Crippen MR) is 102 cm³/mol. The second-order valence-electron chi connectivity index (χ2n) is 6.36. The number of carbonyl (C=O) groups is 1. The molecular formula is C18H23ClN4OS. The number of halogens is 1. The van der Waals surface area contributed by atoms with Gasteiger partial charge in [0.2, 0.25) is 0 Å². The van der Waals surface area contributed by atoms with Crippen molar-refractivity contribution in [1.29, 1.82) is 0 Å². The van der Waals surface area contributed by atoms with Crippen LogP contribution in [0.2, 0.25) is 5.02 Å². The van der Waals surface area contributed by atoms with Gasteiger partial charge in [0, 0.05) is 43.1 Å². The summed E-state index contributed by atoms with van der Waals surface area (Å²) in [5, 5.41) is 6.83. The first-order valence-corrected chi connectivity index (χ1v) is 9.71. The minimum Gasteiger partial charge on any atom is -0.330 e. The molecular weight excluding hydrogens is 356 g/mol. The standard InChI is InChI=1S/C18H23ClN4OS/c1-13(17-12-25-14(2)21-17)20-18(24)23-8-6-22(7-9-23)11-15-4-3-5-16(19)10-15/h3-5,10,12-13H,6-9,11H2,1-2H3,(H,20,24). The fourth-order valence-electron chi connectivity index (χ4n) is 2.93. The van der Waals surface area contributed by atoms with Gasteiger partial charge in [-0.15, -0.1) is 11.3 Å². The molecule has 2 heterocycles. The molecule has 7 heteroatoms. The second-order valence-corrected chi connectivity index (χ2v) is 7.85. The van der Waals surface area contributed by atoms with Gasteiger partial charge in [0.1, 0.15) is 0 Å². The van der Waals surface area contributed by atoms with E-state index in [1.54, 1.807) is 11.3 Å². The van der Waals surface area contributed by atoms with Gasteiger partial charge in [-0.25, -0.2) is 9.78 Å².